The molecular weight excluding hydrogens is 583 g/mol. The van der Waals surface area contributed by atoms with Crippen molar-refractivity contribution >= 4 is 33.1 Å². The van der Waals surface area contributed by atoms with Crippen LogP contribution in [0.25, 0.3) is 33.1 Å². The number of para-hydroxylation sites is 2. The van der Waals surface area contributed by atoms with Crippen LogP contribution in [0.5, 0.6) is 0 Å². The molecule has 5 aliphatic rings. The van der Waals surface area contributed by atoms with Crippen LogP contribution >= 0.6 is 0 Å². The van der Waals surface area contributed by atoms with Crippen LogP contribution in [-0.4, -0.2) is 16.1 Å². The second-order valence-corrected chi connectivity index (χ2v) is 15.6. The van der Waals surface area contributed by atoms with Crippen molar-refractivity contribution < 1.29 is 0 Å². The van der Waals surface area contributed by atoms with E-state index in [1.807, 2.05) is 0 Å². The molecule has 1 spiro atoms. The fourth-order valence-electron chi connectivity index (χ4n) is 10.8. The molecular formula is C45H43N3. The van der Waals surface area contributed by atoms with Crippen LogP contribution in [0, 0.1) is 11.3 Å². The Labute approximate surface area is 284 Å². The Balaban J connectivity index is 1.09. The summed E-state index contributed by atoms with van der Waals surface area (Å²) in [5.41, 5.74) is 12.8. The van der Waals surface area contributed by atoms with Crippen LogP contribution in [0.1, 0.15) is 64.0 Å². The molecule has 0 radical (unpaired) electrons. The molecule has 4 aromatic carbocycles. The number of hydrogen-bond acceptors (Lipinski definition) is 2. The first-order valence-corrected chi connectivity index (χ1v) is 18.0. The third-order valence-electron chi connectivity index (χ3n) is 12.9. The van der Waals surface area contributed by atoms with E-state index in [0.717, 1.165) is 0 Å². The summed E-state index contributed by atoms with van der Waals surface area (Å²) >= 11 is 0. The zero-order valence-electron chi connectivity index (χ0n) is 28.2. The average molecular weight is 626 g/mol. The number of nitrogens with one attached hydrogen (secondary N) is 1. The number of nitrogens with zero attached hydrogens (tertiary/aromatic N) is 2. The summed E-state index contributed by atoms with van der Waals surface area (Å²) in [6, 6.07) is 37.1. The fraction of sp³-hybridized carbons (Fsp3) is 0.289. The van der Waals surface area contributed by atoms with Gasteiger partial charge in [-0.3, -0.25) is 0 Å². The lowest BCUT2D eigenvalue weighted by molar-refractivity contribution is 0.200. The molecule has 3 aliphatic carbocycles. The summed E-state index contributed by atoms with van der Waals surface area (Å²) in [7, 11) is 0. The van der Waals surface area contributed by atoms with Crippen molar-refractivity contribution in [1.82, 2.24) is 9.88 Å². The van der Waals surface area contributed by atoms with Crippen molar-refractivity contribution in [3.8, 4) is 5.69 Å². The predicted molar refractivity (Wildman–Crippen MR) is 200 cm³/mol. The van der Waals surface area contributed by atoms with Gasteiger partial charge in [-0.2, -0.15) is 0 Å². The highest BCUT2D eigenvalue weighted by Crippen LogP contribution is 2.75. The Kier molecular flexibility index (Phi) is 5.82. The van der Waals surface area contributed by atoms with Gasteiger partial charge in [0.05, 0.1) is 16.6 Å². The van der Waals surface area contributed by atoms with E-state index in [0.29, 0.717) is 12.0 Å². The van der Waals surface area contributed by atoms with Crippen molar-refractivity contribution in [2.75, 3.05) is 4.90 Å². The Morgan fingerprint density at radius 1 is 0.750 bits per heavy atom. The predicted octanol–water partition coefficient (Wildman–Crippen LogP) is 10.6. The largest absolute Gasteiger partial charge is 0.385 e. The van der Waals surface area contributed by atoms with Crippen molar-refractivity contribution in [1.29, 1.82) is 0 Å². The topological polar surface area (TPSA) is 20.2 Å². The third-order valence-corrected chi connectivity index (χ3v) is 12.9. The van der Waals surface area contributed by atoms with Gasteiger partial charge in [-0.05, 0) is 133 Å². The maximum atomic E-state index is 3.38. The van der Waals surface area contributed by atoms with E-state index in [1.54, 1.807) is 5.57 Å². The third kappa shape index (κ3) is 3.71. The zero-order chi connectivity index (χ0) is 32.3. The van der Waals surface area contributed by atoms with Crippen LogP contribution in [-0.2, 0) is 5.41 Å². The van der Waals surface area contributed by atoms with Gasteiger partial charge in [0.25, 0.3) is 0 Å². The fourth-order valence-corrected chi connectivity index (χ4v) is 10.8. The first kappa shape index (κ1) is 28.3. The number of anilines is 1. The van der Waals surface area contributed by atoms with Crippen LogP contribution in [0.2, 0.25) is 0 Å². The second kappa shape index (κ2) is 9.89. The lowest BCUT2D eigenvalue weighted by Crippen LogP contribution is -2.50. The molecule has 2 bridgehead atoms. The van der Waals surface area contributed by atoms with E-state index in [-0.39, 0.29) is 16.4 Å². The minimum Gasteiger partial charge on any atom is -0.385 e. The average Bonchev–Trinajstić information content (AvgIpc) is 3.80. The number of aromatic nitrogens is 1. The minimum atomic E-state index is 0.0863. The van der Waals surface area contributed by atoms with Crippen molar-refractivity contribution in [2.45, 2.75) is 69.9 Å². The molecule has 1 N–H and O–H groups in total. The van der Waals surface area contributed by atoms with Gasteiger partial charge in [0.2, 0.25) is 0 Å². The first-order chi connectivity index (χ1) is 23.4. The van der Waals surface area contributed by atoms with Crippen LogP contribution < -0.4 is 10.2 Å². The van der Waals surface area contributed by atoms with Crippen molar-refractivity contribution in [3.05, 3.63) is 150 Å². The molecule has 0 amide bonds. The molecule has 2 aliphatic heterocycles. The summed E-state index contributed by atoms with van der Waals surface area (Å²) in [4.78, 5) is 2.82. The van der Waals surface area contributed by atoms with Crippen molar-refractivity contribution in [2.24, 2.45) is 11.3 Å². The van der Waals surface area contributed by atoms with Crippen molar-refractivity contribution in [3.63, 3.8) is 0 Å². The molecule has 3 heteroatoms. The van der Waals surface area contributed by atoms with Crippen LogP contribution in [0.3, 0.4) is 0 Å². The Morgan fingerprint density at radius 3 is 2.38 bits per heavy atom. The molecule has 3 nitrogen and oxygen atoms in total. The quantitative estimate of drug-likeness (QED) is 0.214. The van der Waals surface area contributed by atoms with Gasteiger partial charge in [0.1, 0.15) is 0 Å². The molecule has 5 atom stereocenters. The van der Waals surface area contributed by atoms with E-state index < -0.39 is 0 Å². The lowest BCUT2D eigenvalue weighted by Gasteiger charge is -2.47. The second-order valence-electron chi connectivity index (χ2n) is 15.6. The van der Waals surface area contributed by atoms with Gasteiger partial charge in [-0.15, -0.1) is 0 Å². The molecule has 2 saturated carbocycles. The number of fused-ring (bicyclic) bond motifs is 5. The van der Waals surface area contributed by atoms with E-state index in [4.69, 9.17) is 0 Å². The summed E-state index contributed by atoms with van der Waals surface area (Å²) in [6.07, 6.45) is 17.6. The van der Waals surface area contributed by atoms with Gasteiger partial charge < -0.3 is 14.8 Å². The van der Waals surface area contributed by atoms with Crippen LogP contribution in [0.4, 0.5) is 5.69 Å². The molecule has 238 valence electrons. The Morgan fingerprint density at radius 2 is 1.54 bits per heavy atom. The Hall–Kier alpha value is -4.76. The lowest BCUT2D eigenvalue weighted by atomic mass is 9.62. The molecule has 0 saturated heterocycles. The number of rotatable bonds is 4. The highest BCUT2D eigenvalue weighted by Gasteiger charge is 2.72. The van der Waals surface area contributed by atoms with E-state index in [1.165, 1.54) is 87.7 Å². The molecule has 2 fully saturated rings. The van der Waals surface area contributed by atoms with Gasteiger partial charge in [0, 0.05) is 39.3 Å². The zero-order valence-corrected chi connectivity index (χ0v) is 28.2. The van der Waals surface area contributed by atoms with Gasteiger partial charge in [-0.1, -0.05) is 80.6 Å². The number of benzene rings is 4. The maximum absolute atomic E-state index is 3.38. The molecule has 1 aromatic heterocycles. The highest BCUT2D eigenvalue weighted by atomic mass is 15.3. The van der Waals surface area contributed by atoms with Gasteiger partial charge in [0.15, 0.2) is 0 Å². The molecule has 5 aromatic rings. The van der Waals surface area contributed by atoms with Crippen LogP contribution in [0.15, 0.2) is 139 Å². The number of hydrogen-bond donors (Lipinski definition) is 1. The standard InChI is InChI=1S/C45H43N3/c1-30-13-19-42-39(25-30)43(3)28-44(22-23-45(43,29-44)48(42)36-17-14-32(15-18-36)33-21-24-46-31(2)26-33)34-16-20-41-38(27-34)37-11-7-8-12-40(37)47(41)35-9-5-4-6-10-35/h4-21,24,26-27,30-31,46H,22-23,25,28-29H2,1-3H3. The summed E-state index contributed by atoms with van der Waals surface area (Å²) in [5, 5.41) is 6.10. The number of allylic oxidation sites excluding steroid dienone is 4. The van der Waals surface area contributed by atoms with E-state index in [9.17, 15) is 0 Å². The molecule has 5 unspecified atom stereocenters. The van der Waals surface area contributed by atoms with E-state index >= 15 is 0 Å². The SMILES string of the molecule is CC1C=CC2=C(C1)C1(C)CC3(c4ccc5c(c4)c4ccccc4n5-c4ccccc4)CCC1(C3)N2c1ccc(C2=CC(C)NC=C2)cc1. The van der Waals surface area contributed by atoms with E-state index in [2.05, 4.69) is 163 Å². The monoisotopic (exact) mass is 625 g/mol. The summed E-state index contributed by atoms with van der Waals surface area (Å²) < 4.78 is 2.45. The molecule has 3 heterocycles. The summed E-state index contributed by atoms with van der Waals surface area (Å²) in [6.45, 7) is 7.24. The first-order valence-electron chi connectivity index (χ1n) is 18.0. The Bertz CT molecular complexity index is 2250. The normalized spacial score (nSPS) is 30.2. The summed E-state index contributed by atoms with van der Waals surface area (Å²) in [5.74, 6) is 0.580. The maximum Gasteiger partial charge on any atom is 0.0551 e. The van der Waals surface area contributed by atoms with Gasteiger partial charge >= 0.3 is 0 Å². The smallest absolute Gasteiger partial charge is 0.0551 e. The molecule has 10 rings (SSSR count). The minimum absolute atomic E-state index is 0.0863. The highest BCUT2D eigenvalue weighted by molar-refractivity contribution is 6.09. The van der Waals surface area contributed by atoms with Gasteiger partial charge in [-0.25, -0.2) is 0 Å². The molecule has 48 heavy (non-hydrogen) atoms. The number of dihydropyridines is 1.